The van der Waals surface area contributed by atoms with Crippen molar-refractivity contribution in [1.82, 2.24) is 0 Å². The highest BCUT2D eigenvalue weighted by molar-refractivity contribution is 4.79. The van der Waals surface area contributed by atoms with Crippen LogP contribution >= 0.6 is 0 Å². The Morgan fingerprint density at radius 1 is 1.17 bits per heavy atom. The third-order valence-corrected chi connectivity index (χ3v) is 2.85. The number of alkyl halides is 3. The molecular formula is C9H15F3. The predicted molar refractivity (Wildman–Crippen MR) is 41.8 cm³/mol. The van der Waals surface area contributed by atoms with Gasteiger partial charge in [0.15, 0.2) is 0 Å². The Morgan fingerprint density at radius 2 is 1.75 bits per heavy atom. The summed E-state index contributed by atoms with van der Waals surface area (Å²) < 4.78 is 37.1. The molecule has 0 radical (unpaired) electrons. The molecule has 3 heteroatoms. The first-order valence-corrected chi connectivity index (χ1v) is 4.62. The summed E-state index contributed by atoms with van der Waals surface area (Å²) in [7, 11) is 0. The second-order valence-corrected chi connectivity index (χ2v) is 3.60. The molecule has 72 valence electrons. The molecule has 0 aromatic rings. The molecular weight excluding hydrogens is 165 g/mol. The van der Waals surface area contributed by atoms with Crippen molar-refractivity contribution in [3.05, 3.63) is 0 Å². The summed E-state index contributed by atoms with van der Waals surface area (Å²) in [5.74, 6) is -1.13. The maximum Gasteiger partial charge on any atom is 0.392 e. The Hall–Kier alpha value is -0.210. The zero-order chi connectivity index (χ0) is 9.19. The summed E-state index contributed by atoms with van der Waals surface area (Å²) in [5.41, 5.74) is 0. The SMILES string of the molecule is CCC1CCCCC1C(F)(F)F. The lowest BCUT2D eigenvalue weighted by Crippen LogP contribution is -2.32. The summed E-state index contributed by atoms with van der Waals surface area (Å²) in [6.07, 6.45) is -0.445. The Morgan fingerprint density at radius 3 is 2.17 bits per heavy atom. The summed E-state index contributed by atoms with van der Waals surface area (Å²) >= 11 is 0. The highest BCUT2D eigenvalue weighted by Crippen LogP contribution is 2.42. The molecule has 0 bridgehead atoms. The van der Waals surface area contributed by atoms with Crippen molar-refractivity contribution in [2.24, 2.45) is 11.8 Å². The Balaban J connectivity index is 2.59. The van der Waals surface area contributed by atoms with Gasteiger partial charge in [0.25, 0.3) is 0 Å². The van der Waals surface area contributed by atoms with Crippen molar-refractivity contribution in [3.63, 3.8) is 0 Å². The molecule has 0 aromatic heterocycles. The molecule has 1 aliphatic rings. The fourth-order valence-electron chi connectivity index (χ4n) is 2.13. The fourth-order valence-corrected chi connectivity index (χ4v) is 2.13. The van der Waals surface area contributed by atoms with Crippen molar-refractivity contribution in [1.29, 1.82) is 0 Å². The van der Waals surface area contributed by atoms with E-state index in [0.29, 0.717) is 12.8 Å². The Kier molecular flexibility index (Phi) is 3.02. The largest absolute Gasteiger partial charge is 0.392 e. The second kappa shape index (κ2) is 3.67. The van der Waals surface area contributed by atoms with Crippen molar-refractivity contribution in [3.8, 4) is 0 Å². The molecule has 2 atom stereocenters. The van der Waals surface area contributed by atoms with E-state index < -0.39 is 12.1 Å². The van der Waals surface area contributed by atoms with Crippen molar-refractivity contribution in [2.75, 3.05) is 0 Å². The molecule has 0 spiro atoms. The summed E-state index contributed by atoms with van der Waals surface area (Å²) in [5, 5.41) is 0. The molecule has 12 heavy (non-hydrogen) atoms. The van der Waals surface area contributed by atoms with Gasteiger partial charge in [-0.1, -0.05) is 26.2 Å². The van der Waals surface area contributed by atoms with Crippen LogP contribution in [0.2, 0.25) is 0 Å². The summed E-state index contributed by atoms with van der Waals surface area (Å²) in [6, 6.07) is 0. The van der Waals surface area contributed by atoms with Crippen LogP contribution < -0.4 is 0 Å². The molecule has 2 unspecified atom stereocenters. The minimum absolute atomic E-state index is 0.112. The average Bonchev–Trinajstić information content (AvgIpc) is 2.03. The van der Waals surface area contributed by atoms with E-state index in [9.17, 15) is 13.2 Å². The van der Waals surface area contributed by atoms with Crippen LogP contribution in [0.5, 0.6) is 0 Å². The van der Waals surface area contributed by atoms with Crippen LogP contribution in [0.15, 0.2) is 0 Å². The van der Waals surface area contributed by atoms with Crippen LogP contribution in [0.25, 0.3) is 0 Å². The summed E-state index contributed by atoms with van der Waals surface area (Å²) in [4.78, 5) is 0. The van der Waals surface area contributed by atoms with E-state index >= 15 is 0 Å². The monoisotopic (exact) mass is 180 g/mol. The zero-order valence-electron chi connectivity index (χ0n) is 7.32. The number of hydrogen-bond acceptors (Lipinski definition) is 0. The molecule has 1 fully saturated rings. The van der Waals surface area contributed by atoms with Gasteiger partial charge in [-0.25, -0.2) is 0 Å². The van der Waals surface area contributed by atoms with Crippen LogP contribution in [0.4, 0.5) is 13.2 Å². The van der Waals surface area contributed by atoms with E-state index in [4.69, 9.17) is 0 Å². The first kappa shape index (κ1) is 9.87. The van der Waals surface area contributed by atoms with Crippen molar-refractivity contribution >= 4 is 0 Å². The second-order valence-electron chi connectivity index (χ2n) is 3.60. The maximum absolute atomic E-state index is 12.4. The van der Waals surface area contributed by atoms with Gasteiger partial charge in [0.2, 0.25) is 0 Å². The normalized spacial score (nSPS) is 32.0. The van der Waals surface area contributed by atoms with Crippen LogP contribution in [0, 0.1) is 11.8 Å². The lowest BCUT2D eigenvalue weighted by Gasteiger charge is -2.32. The molecule has 0 aliphatic heterocycles. The van der Waals surface area contributed by atoms with Crippen molar-refractivity contribution in [2.45, 2.75) is 45.2 Å². The van der Waals surface area contributed by atoms with Crippen LogP contribution in [-0.2, 0) is 0 Å². The average molecular weight is 180 g/mol. The quantitative estimate of drug-likeness (QED) is 0.576. The lowest BCUT2D eigenvalue weighted by atomic mass is 9.77. The number of hydrogen-bond donors (Lipinski definition) is 0. The molecule has 1 aliphatic carbocycles. The third-order valence-electron chi connectivity index (χ3n) is 2.85. The standard InChI is InChI=1S/C9H15F3/c1-2-7-5-3-4-6-8(7)9(10,11)12/h7-8H,2-6H2,1H3. The number of rotatable bonds is 1. The first-order chi connectivity index (χ1) is 5.55. The van der Waals surface area contributed by atoms with Gasteiger partial charge in [0.1, 0.15) is 0 Å². The molecule has 0 amide bonds. The molecule has 0 aromatic carbocycles. The lowest BCUT2D eigenvalue weighted by molar-refractivity contribution is -0.196. The minimum Gasteiger partial charge on any atom is -0.171 e. The smallest absolute Gasteiger partial charge is 0.171 e. The molecule has 0 N–H and O–H groups in total. The molecule has 1 saturated carbocycles. The van der Waals surface area contributed by atoms with Crippen LogP contribution in [0.1, 0.15) is 39.0 Å². The van der Waals surface area contributed by atoms with E-state index in [1.165, 1.54) is 0 Å². The first-order valence-electron chi connectivity index (χ1n) is 4.62. The van der Waals surface area contributed by atoms with Gasteiger partial charge >= 0.3 is 6.18 Å². The zero-order valence-corrected chi connectivity index (χ0v) is 7.32. The Labute approximate surface area is 71.1 Å². The van der Waals surface area contributed by atoms with Gasteiger partial charge in [-0.3, -0.25) is 0 Å². The highest BCUT2D eigenvalue weighted by Gasteiger charge is 2.44. The number of halogens is 3. The van der Waals surface area contributed by atoms with E-state index in [2.05, 4.69) is 0 Å². The van der Waals surface area contributed by atoms with Crippen LogP contribution in [-0.4, -0.2) is 6.18 Å². The van der Waals surface area contributed by atoms with E-state index in [0.717, 1.165) is 19.3 Å². The third kappa shape index (κ3) is 2.14. The minimum atomic E-state index is -3.96. The molecule has 0 saturated heterocycles. The van der Waals surface area contributed by atoms with E-state index in [1.807, 2.05) is 6.92 Å². The highest BCUT2D eigenvalue weighted by atomic mass is 19.4. The van der Waals surface area contributed by atoms with E-state index in [-0.39, 0.29) is 5.92 Å². The molecule has 0 nitrogen and oxygen atoms in total. The van der Waals surface area contributed by atoms with Gasteiger partial charge in [-0.05, 0) is 18.8 Å². The Bertz CT molecular complexity index is 139. The van der Waals surface area contributed by atoms with Gasteiger partial charge in [0, 0.05) is 0 Å². The molecule has 1 rings (SSSR count). The van der Waals surface area contributed by atoms with Gasteiger partial charge in [-0.2, -0.15) is 13.2 Å². The predicted octanol–water partition coefficient (Wildman–Crippen LogP) is 3.77. The van der Waals surface area contributed by atoms with Gasteiger partial charge in [-0.15, -0.1) is 0 Å². The topological polar surface area (TPSA) is 0 Å². The molecule has 0 heterocycles. The van der Waals surface area contributed by atoms with E-state index in [1.54, 1.807) is 0 Å². The fraction of sp³-hybridized carbons (Fsp3) is 1.00. The maximum atomic E-state index is 12.4. The van der Waals surface area contributed by atoms with Crippen molar-refractivity contribution < 1.29 is 13.2 Å². The van der Waals surface area contributed by atoms with Crippen LogP contribution in [0.3, 0.4) is 0 Å². The van der Waals surface area contributed by atoms with Gasteiger partial charge < -0.3 is 0 Å². The van der Waals surface area contributed by atoms with Gasteiger partial charge in [0.05, 0.1) is 5.92 Å². The summed E-state index contributed by atoms with van der Waals surface area (Å²) in [6.45, 7) is 1.86.